The van der Waals surface area contributed by atoms with Crippen LogP contribution >= 0.6 is 0 Å². The Morgan fingerprint density at radius 2 is 2.29 bits per heavy atom. The molecule has 1 aromatic rings. The fourth-order valence-electron chi connectivity index (χ4n) is 2.13. The van der Waals surface area contributed by atoms with Crippen molar-refractivity contribution in [2.75, 3.05) is 26.2 Å². The molecule has 21 heavy (non-hydrogen) atoms. The number of benzene rings is 1. The van der Waals surface area contributed by atoms with Gasteiger partial charge in [0.15, 0.2) is 5.56 Å². The van der Waals surface area contributed by atoms with Crippen LogP contribution in [-0.4, -0.2) is 47.9 Å². The Labute approximate surface area is 120 Å². The number of nitro benzene ring substituents is 1. The van der Waals surface area contributed by atoms with Crippen molar-refractivity contribution in [3.05, 3.63) is 33.9 Å². The van der Waals surface area contributed by atoms with Gasteiger partial charge in [-0.25, -0.2) is 0 Å². The summed E-state index contributed by atoms with van der Waals surface area (Å²) >= 11 is 0. The molecule has 1 aliphatic heterocycles. The molecule has 1 aliphatic rings. The monoisotopic (exact) mass is 293 g/mol. The minimum absolute atomic E-state index is 0.112. The van der Waals surface area contributed by atoms with E-state index in [1.807, 2.05) is 0 Å². The first-order valence-electron chi connectivity index (χ1n) is 6.50. The van der Waals surface area contributed by atoms with Crippen molar-refractivity contribution in [1.29, 1.82) is 0 Å². The zero-order valence-corrected chi connectivity index (χ0v) is 11.5. The lowest BCUT2D eigenvalue weighted by Crippen LogP contribution is -2.50. The molecule has 0 unspecified atom stereocenters. The maximum atomic E-state index is 12.5. The second-order valence-corrected chi connectivity index (χ2v) is 4.42. The Bertz CT molecular complexity index is 587. The number of carbonyl (C=O) groups excluding carboxylic acids is 2. The van der Waals surface area contributed by atoms with Gasteiger partial charge in [-0.15, -0.1) is 0 Å². The Kier molecular flexibility index (Phi) is 4.36. The normalized spacial score (nSPS) is 14.5. The van der Waals surface area contributed by atoms with E-state index in [1.165, 1.54) is 23.1 Å². The van der Waals surface area contributed by atoms with Gasteiger partial charge in [0.05, 0.1) is 18.1 Å². The van der Waals surface area contributed by atoms with E-state index in [0.717, 1.165) is 0 Å². The van der Waals surface area contributed by atoms with Crippen molar-refractivity contribution in [2.45, 2.75) is 6.92 Å². The van der Waals surface area contributed by atoms with Crippen LogP contribution in [0.25, 0.3) is 0 Å². The first-order chi connectivity index (χ1) is 10.0. The van der Waals surface area contributed by atoms with E-state index in [4.69, 9.17) is 4.74 Å². The first kappa shape index (κ1) is 14.8. The summed E-state index contributed by atoms with van der Waals surface area (Å²) in [5.41, 5.74) is -0.434. The van der Waals surface area contributed by atoms with Crippen LogP contribution in [-0.2, 0) is 4.79 Å². The predicted octanol–water partition coefficient (Wildman–Crippen LogP) is 0.565. The molecule has 2 rings (SSSR count). The lowest BCUT2D eigenvalue weighted by atomic mass is 10.1. The molecule has 0 aromatic heterocycles. The van der Waals surface area contributed by atoms with Crippen molar-refractivity contribution >= 4 is 17.5 Å². The van der Waals surface area contributed by atoms with Gasteiger partial charge in [0.2, 0.25) is 5.91 Å². The van der Waals surface area contributed by atoms with Crippen molar-refractivity contribution in [3.8, 4) is 5.75 Å². The lowest BCUT2D eigenvalue weighted by Gasteiger charge is -2.27. The van der Waals surface area contributed by atoms with Crippen LogP contribution in [0.2, 0.25) is 0 Å². The van der Waals surface area contributed by atoms with Crippen LogP contribution < -0.4 is 10.1 Å². The summed E-state index contributed by atoms with van der Waals surface area (Å²) < 4.78 is 5.31. The molecule has 0 saturated carbocycles. The molecule has 0 spiro atoms. The van der Waals surface area contributed by atoms with E-state index >= 15 is 0 Å². The third-order valence-electron chi connectivity index (χ3n) is 3.04. The predicted molar refractivity (Wildman–Crippen MR) is 73.2 cm³/mol. The fourth-order valence-corrected chi connectivity index (χ4v) is 2.13. The first-order valence-corrected chi connectivity index (χ1v) is 6.50. The van der Waals surface area contributed by atoms with E-state index < -0.39 is 10.8 Å². The summed E-state index contributed by atoms with van der Waals surface area (Å²) in [5, 5.41) is 13.7. The summed E-state index contributed by atoms with van der Waals surface area (Å²) in [5.74, 6) is -0.700. The van der Waals surface area contributed by atoms with Crippen LogP contribution in [0, 0.1) is 10.1 Å². The molecule has 0 bridgehead atoms. The zero-order chi connectivity index (χ0) is 15.4. The molecule has 0 aliphatic carbocycles. The third kappa shape index (κ3) is 3.10. The van der Waals surface area contributed by atoms with Crippen LogP contribution in [0.4, 0.5) is 5.69 Å². The number of piperazine rings is 1. The topological polar surface area (TPSA) is 102 Å². The summed E-state index contributed by atoms with van der Waals surface area (Å²) in [7, 11) is 0. The Hall–Kier alpha value is -2.64. The molecule has 1 saturated heterocycles. The molecule has 1 fully saturated rings. The quantitative estimate of drug-likeness (QED) is 0.645. The minimum Gasteiger partial charge on any atom is -0.493 e. The third-order valence-corrected chi connectivity index (χ3v) is 3.04. The average Bonchev–Trinajstić information content (AvgIpc) is 2.46. The number of nitro groups is 1. The molecule has 0 radical (unpaired) electrons. The number of ether oxygens (including phenoxy) is 1. The number of rotatable bonds is 4. The number of carbonyl (C=O) groups is 2. The van der Waals surface area contributed by atoms with Gasteiger partial charge in [-0.2, -0.15) is 0 Å². The van der Waals surface area contributed by atoms with Crippen LogP contribution in [0.5, 0.6) is 5.75 Å². The molecule has 1 heterocycles. The van der Waals surface area contributed by atoms with Gasteiger partial charge < -0.3 is 15.0 Å². The Balaban J connectivity index is 2.42. The van der Waals surface area contributed by atoms with E-state index in [-0.39, 0.29) is 36.1 Å². The van der Waals surface area contributed by atoms with Crippen molar-refractivity contribution in [3.63, 3.8) is 0 Å². The van der Waals surface area contributed by atoms with Crippen molar-refractivity contribution in [1.82, 2.24) is 10.2 Å². The highest BCUT2D eigenvalue weighted by Gasteiger charge is 2.31. The molecule has 1 aromatic carbocycles. The van der Waals surface area contributed by atoms with Crippen LogP contribution in [0.15, 0.2) is 18.2 Å². The standard InChI is InChI=1S/C13H15N3O5/c1-2-21-10-5-3-4-9(16(19)20)12(10)13(18)15-7-6-14-11(17)8-15/h3-5H,2,6-8H2,1H3,(H,14,17). The van der Waals surface area contributed by atoms with Gasteiger partial charge in [0, 0.05) is 19.2 Å². The van der Waals surface area contributed by atoms with Gasteiger partial charge in [0.1, 0.15) is 5.75 Å². The Morgan fingerprint density at radius 3 is 2.90 bits per heavy atom. The van der Waals surface area contributed by atoms with Crippen molar-refractivity contribution in [2.24, 2.45) is 0 Å². The van der Waals surface area contributed by atoms with Crippen LogP contribution in [0.1, 0.15) is 17.3 Å². The highest BCUT2D eigenvalue weighted by molar-refractivity contribution is 6.02. The lowest BCUT2D eigenvalue weighted by molar-refractivity contribution is -0.385. The molecule has 8 heteroatoms. The summed E-state index contributed by atoms with van der Waals surface area (Å²) in [6, 6.07) is 4.22. The summed E-state index contributed by atoms with van der Waals surface area (Å²) in [6.45, 7) is 2.52. The molecule has 8 nitrogen and oxygen atoms in total. The fraction of sp³-hybridized carbons (Fsp3) is 0.385. The minimum atomic E-state index is -0.625. The van der Waals surface area contributed by atoms with E-state index in [9.17, 15) is 19.7 Å². The molecule has 112 valence electrons. The molecule has 2 amide bonds. The largest absolute Gasteiger partial charge is 0.493 e. The number of amides is 2. The van der Waals surface area contributed by atoms with Gasteiger partial charge in [-0.1, -0.05) is 6.07 Å². The molecular weight excluding hydrogens is 278 g/mol. The maximum Gasteiger partial charge on any atom is 0.285 e. The highest BCUT2D eigenvalue weighted by atomic mass is 16.6. The molecule has 0 atom stereocenters. The number of hydrogen-bond acceptors (Lipinski definition) is 5. The van der Waals surface area contributed by atoms with Crippen molar-refractivity contribution < 1.29 is 19.2 Å². The summed E-state index contributed by atoms with van der Waals surface area (Å²) in [6.07, 6.45) is 0. The van der Waals surface area contributed by atoms with Gasteiger partial charge in [-0.3, -0.25) is 19.7 Å². The van der Waals surface area contributed by atoms with Gasteiger partial charge >= 0.3 is 0 Å². The Morgan fingerprint density at radius 1 is 1.52 bits per heavy atom. The van der Waals surface area contributed by atoms with Gasteiger partial charge in [0.25, 0.3) is 11.6 Å². The average molecular weight is 293 g/mol. The van der Waals surface area contributed by atoms with Crippen LogP contribution in [0.3, 0.4) is 0 Å². The summed E-state index contributed by atoms with van der Waals surface area (Å²) in [4.78, 5) is 35.7. The second-order valence-electron chi connectivity index (χ2n) is 4.42. The SMILES string of the molecule is CCOc1cccc([N+](=O)[O-])c1C(=O)N1CCNC(=O)C1. The van der Waals surface area contributed by atoms with E-state index in [1.54, 1.807) is 6.92 Å². The van der Waals surface area contributed by atoms with Gasteiger partial charge in [-0.05, 0) is 13.0 Å². The molecular formula is C13H15N3O5. The van der Waals surface area contributed by atoms with E-state index in [0.29, 0.717) is 13.1 Å². The smallest absolute Gasteiger partial charge is 0.285 e. The number of nitrogens with zero attached hydrogens (tertiary/aromatic N) is 2. The highest BCUT2D eigenvalue weighted by Crippen LogP contribution is 2.29. The number of nitrogens with one attached hydrogen (secondary N) is 1. The van der Waals surface area contributed by atoms with E-state index in [2.05, 4.69) is 5.32 Å². The maximum absolute atomic E-state index is 12.5. The number of hydrogen-bond donors (Lipinski definition) is 1. The molecule has 1 N–H and O–H groups in total. The second kappa shape index (κ2) is 6.21. The zero-order valence-electron chi connectivity index (χ0n) is 11.5.